The quantitative estimate of drug-likeness (QED) is 0.0750. The Hall–Kier alpha value is -0.0400. The van der Waals surface area contributed by atoms with Crippen LogP contribution < -0.4 is 0 Å². The van der Waals surface area contributed by atoms with Gasteiger partial charge < -0.3 is 5.11 Å². The van der Waals surface area contributed by atoms with Gasteiger partial charge in [0.15, 0.2) is 0 Å². The molecule has 0 fully saturated rings. The van der Waals surface area contributed by atoms with Gasteiger partial charge in [0.1, 0.15) is 0 Å². The maximum absolute atomic E-state index is 10.2. The SMILES string of the molecule is CCC(C)(O)CCCC(C)CCCC(C)CCCC(C)CCCC(C)CCCC(C)CCCC(C)CCCC(C)CCCC(C)C. The lowest BCUT2D eigenvalue weighted by atomic mass is 9.88. The Morgan fingerprint density at radius 1 is 0.348 bits per heavy atom. The lowest BCUT2D eigenvalue weighted by molar-refractivity contribution is 0.0432. The van der Waals surface area contributed by atoms with Gasteiger partial charge in [-0.3, -0.25) is 0 Å². The highest BCUT2D eigenvalue weighted by atomic mass is 16.3. The first-order chi connectivity index (χ1) is 21.7. The van der Waals surface area contributed by atoms with Crippen molar-refractivity contribution in [3.63, 3.8) is 0 Å². The van der Waals surface area contributed by atoms with Crippen LogP contribution in [0, 0.1) is 47.3 Å². The van der Waals surface area contributed by atoms with Gasteiger partial charge in [0.2, 0.25) is 0 Å². The van der Waals surface area contributed by atoms with E-state index in [1.165, 1.54) is 148 Å². The number of rotatable bonds is 33. The van der Waals surface area contributed by atoms with Crippen LogP contribution in [0.4, 0.5) is 0 Å². The molecule has 0 aromatic carbocycles. The van der Waals surface area contributed by atoms with Crippen LogP contribution in [-0.2, 0) is 0 Å². The average molecular weight is 649 g/mol. The maximum Gasteiger partial charge on any atom is 0.0617 e. The topological polar surface area (TPSA) is 20.2 Å². The Morgan fingerprint density at radius 2 is 0.543 bits per heavy atom. The van der Waals surface area contributed by atoms with Crippen molar-refractivity contribution in [3.05, 3.63) is 0 Å². The van der Waals surface area contributed by atoms with E-state index in [2.05, 4.69) is 69.2 Å². The molecule has 1 heteroatoms. The van der Waals surface area contributed by atoms with E-state index in [-0.39, 0.29) is 0 Å². The monoisotopic (exact) mass is 649 g/mol. The average Bonchev–Trinajstić information content (AvgIpc) is 2.97. The van der Waals surface area contributed by atoms with Crippen molar-refractivity contribution in [2.45, 2.75) is 242 Å². The molecule has 0 aliphatic heterocycles. The van der Waals surface area contributed by atoms with Gasteiger partial charge in [-0.25, -0.2) is 0 Å². The van der Waals surface area contributed by atoms with E-state index in [9.17, 15) is 5.11 Å². The van der Waals surface area contributed by atoms with Crippen molar-refractivity contribution in [2.75, 3.05) is 0 Å². The predicted octanol–water partition coefficient (Wildman–Crippen LogP) is 15.6. The van der Waals surface area contributed by atoms with Crippen molar-refractivity contribution in [3.8, 4) is 0 Å². The second kappa shape index (κ2) is 28.8. The van der Waals surface area contributed by atoms with E-state index < -0.39 is 5.60 Å². The molecule has 8 unspecified atom stereocenters. The fraction of sp³-hybridized carbons (Fsp3) is 1.00. The molecule has 0 spiro atoms. The summed E-state index contributed by atoms with van der Waals surface area (Å²) in [6.07, 6.45) is 34.3. The summed E-state index contributed by atoms with van der Waals surface area (Å²) in [7, 11) is 0. The van der Waals surface area contributed by atoms with Crippen LogP contribution in [0.25, 0.3) is 0 Å². The van der Waals surface area contributed by atoms with Crippen LogP contribution >= 0.6 is 0 Å². The zero-order valence-corrected chi connectivity index (χ0v) is 34.2. The third-order valence-electron chi connectivity index (χ3n) is 12.0. The summed E-state index contributed by atoms with van der Waals surface area (Å²) in [5.74, 6) is 7.14. The summed E-state index contributed by atoms with van der Waals surface area (Å²) < 4.78 is 0. The summed E-state index contributed by atoms with van der Waals surface area (Å²) >= 11 is 0. The van der Waals surface area contributed by atoms with Gasteiger partial charge in [-0.2, -0.15) is 0 Å². The minimum Gasteiger partial charge on any atom is -0.390 e. The van der Waals surface area contributed by atoms with Crippen LogP contribution in [-0.4, -0.2) is 10.7 Å². The molecular weight excluding hydrogens is 556 g/mol. The highest BCUT2D eigenvalue weighted by Gasteiger charge is 2.17. The van der Waals surface area contributed by atoms with E-state index >= 15 is 0 Å². The van der Waals surface area contributed by atoms with Crippen LogP contribution in [0.1, 0.15) is 237 Å². The molecule has 0 aliphatic rings. The summed E-state index contributed by atoms with van der Waals surface area (Å²) in [6.45, 7) is 26.2. The smallest absolute Gasteiger partial charge is 0.0617 e. The molecular formula is C45H92O. The van der Waals surface area contributed by atoms with Crippen LogP contribution in [0.2, 0.25) is 0 Å². The molecule has 0 radical (unpaired) electrons. The summed E-state index contributed by atoms with van der Waals surface area (Å²) in [4.78, 5) is 0. The zero-order chi connectivity index (χ0) is 34.8. The Labute approximate surface area is 294 Å². The Bertz CT molecular complexity index is 637. The first-order valence-electron chi connectivity index (χ1n) is 21.5. The lowest BCUT2D eigenvalue weighted by Crippen LogP contribution is -2.22. The fourth-order valence-electron chi connectivity index (χ4n) is 7.78. The number of aliphatic hydroxyl groups is 1. The van der Waals surface area contributed by atoms with Crippen LogP contribution in [0.3, 0.4) is 0 Å². The summed E-state index contributed by atoms with van der Waals surface area (Å²) in [6, 6.07) is 0. The Kier molecular flexibility index (Phi) is 28.7. The Balaban J connectivity index is 3.72. The van der Waals surface area contributed by atoms with E-state index in [1.54, 1.807) is 0 Å². The molecule has 0 bridgehead atoms. The molecule has 1 N–H and O–H groups in total. The normalized spacial score (nSPS) is 18.2. The van der Waals surface area contributed by atoms with Gasteiger partial charge in [0, 0.05) is 0 Å². The highest BCUT2D eigenvalue weighted by molar-refractivity contribution is 4.71. The van der Waals surface area contributed by atoms with Gasteiger partial charge >= 0.3 is 0 Å². The molecule has 0 aromatic rings. The molecule has 0 rings (SSSR count). The summed E-state index contributed by atoms with van der Waals surface area (Å²) in [5.41, 5.74) is -0.453. The maximum atomic E-state index is 10.2. The molecule has 0 saturated carbocycles. The number of hydrogen-bond acceptors (Lipinski definition) is 1. The fourth-order valence-corrected chi connectivity index (χ4v) is 7.78. The lowest BCUT2D eigenvalue weighted by Gasteiger charge is -2.22. The van der Waals surface area contributed by atoms with E-state index in [1.807, 2.05) is 6.92 Å². The van der Waals surface area contributed by atoms with Crippen molar-refractivity contribution < 1.29 is 5.11 Å². The molecule has 8 atom stereocenters. The predicted molar refractivity (Wildman–Crippen MR) is 211 cm³/mol. The standard InChI is InChI=1S/C45H92O/c1-12-45(11,46)36-20-35-44(10)34-19-33-43(9)32-18-31-42(8)30-17-29-41(7)28-16-27-40(6)26-15-25-39(5)24-14-23-38(4)22-13-21-37(2)3/h37-44,46H,12-36H2,1-11H3. The van der Waals surface area contributed by atoms with Crippen LogP contribution in [0.15, 0.2) is 0 Å². The second-order valence-corrected chi connectivity index (χ2v) is 18.4. The van der Waals surface area contributed by atoms with Crippen LogP contribution in [0.5, 0.6) is 0 Å². The van der Waals surface area contributed by atoms with E-state index in [0.29, 0.717) is 0 Å². The van der Waals surface area contributed by atoms with Crippen molar-refractivity contribution in [2.24, 2.45) is 47.3 Å². The van der Waals surface area contributed by atoms with E-state index in [4.69, 9.17) is 0 Å². The molecule has 0 aliphatic carbocycles. The van der Waals surface area contributed by atoms with Gasteiger partial charge in [-0.05, 0) is 67.1 Å². The Morgan fingerprint density at radius 3 is 0.739 bits per heavy atom. The molecule has 0 saturated heterocycles. The van der Waals surface area contributed by atoms with E-state index in [0.717, 1.165) is 60.2 Å². The first kappa shape index (κ1) is 46.0. The minimum absolute atomic E-state index is 0.453. The first-order valence-corrected chi connectivity index (χ1v) is 21.5. The molecule has 0 amide bonds. The van der Waals surface area contributed by atoms with Crippen molar-refractivity contribution in [1.82, 2.24) is 0 Å². The molecule has 0 aromatic heterocycles. The third kappa shape index (κ3) is 30.1. The highest BCUT2D eigenvalue weighted by Crippen LogP contribution is 2.27. The third-order valence-corrected chi connectivity index (χ3v) is 12.0. The van der Waals surface area contributed by atoms with Gasteiger partial charge in [-0.15, -0.1) is 0 Å². The second-order valence-electron chi connectivity index (χ2n) is 18.4. The van der Waals surface area contributed by atoms with Gasteiger partial charge in [-0.1, -0.05) is 217 Å². The van der Waals surface area contributed by atoms with Gasteiger partial charge in [0.05, 0.1) is 5.60 Å². The van der Waals surface area contributed by atoms with Crippen molar-refractivity contribution in [1.29, 1.82) is 0 Å². The van der Waals surface area contributed by atoms with Crippen molar-refractivity contribution >= 4 is 0 Å². The molecule has 278 valence electrons. The zero-order valence-electron chi connectivity index (χ0n) is 34.2. The van der Waals surface area contributed by atoms with Gasteiger partial charge in [0.25, 0.3) is 0 Å². The molecule has 0 heterocycles. The summed E-state index contributed by atoms with van der Waals surface area (Å²) in [5, 5.41) is 10.2. The largest absolute Gasteiger partial charge is 0.390 e. The number of hydrogen-bond donors (Lipinski definition) is 1. The minimum atomic E-state index is -0.453. The molecule has 46 heavy (non-hydrogen) atoms. The molecule has 1 nitrogen and oxygen atoms in total.